The van der Waals surface area contributed by atoms with E-state index in [1.54, 1.807) is 24.3 Å². The van der Waals surface area contributed by atoms with Gasteiger partial charge in [-0.1, -0.05) is 32.0 Å². The monoisotopic (exact) mass is 409 g/mol. The maximum absolute atomic E-state index is 12.9. The van der Waals surface area contributed by atoms with Crippen molar-refractivity contribution in [2.75, 3.05) is 13.2 Å². The van der Waals surface area contributed by atoms with Gasteiger partial charge < -0.3 is 19.2 Å². The van der Waals surface area contributed by atoms with Gasteiger partial charge in [-0.15, -0.1) is 0 Å². The van der Waals surface area contributed by atoms with Gasteiger partial charge in [-0.25, -0.2) is 0 Å². The first kappa shape index (κ1) is 21.4. The predicted octanol–water partition coefficient (Wildman–Crippen LogP) is 4.72. The fourth-order valence-electron chi connectivity index (χ4n) is 3.32. The first-order valence-electron chi connectivity index (χ1n) is 10.2. The number of amides is 1. The number of carbonyl (C=O) groups is 1. The minimum absolute atomic E-state index is 0.0136. The number of carbonyl (C=O) groups excluding carboxylic acids is 1. The van der Waals surface area contributed by atoms with Gasteiger partial charge in [0.15, 0.2) is 22.7 Å². The van der Waals surface area contributed by atoms with Crippen LogP contribution in [0.15, 0.2) is 57.7 Å². The first-order chi connectivity index (χ1) is 14.4. The van der Waals surface area contributed by atoms with E-state index in [9.17, 15) is 9.59 Å². The van der Waals surface area contributed by atoms with Gasteiger partial charge in [0.05, 0.1) is 24.6 Å². The lowest BCUT2D eigenvalue weighted by Crippen LogP contribution is -2.32. The lowest BCUT2D eigenvalue weighted by Gasteiger charge is -2.24. The minimum Gasteiger partial charge on any atom is -0.490 e. The van der Waals surface area contributed by atoms with E-state index in [4.69, 9.17) is 13.9 Å². The summed E-state index contributed by atoms with van der Waals surface area (Å²) in [6.45, 7) is 8.88. The zero-order chi connectivity index (χ0) is 21.7. The van der Waals surface area contributed by atoms with Gasteiger partial charge in [-0.3, -0.25) is 9.59 Å². The number of hydrogen-bond donors (Lipinski definition) is 1. The van der Waals surface area contributed by atoms with Crippen molar-refractivity contribution >= 4 is 16.9 Å². The Kier molecular flexibility index (Phi) is 6.77. The maximum atomic E-state index is 12.9. The van der Waals surface area contributed by atoms with Crippen molar-refractivity contribution in [3.8, 4) is 11.5 Å². The van der Waals surface area contributed by atoms with Crippen LogP contribution in [0.5, 0.6) is 11.5 Å². The molecule has 0 aliphatic heterocycles. The Morgan fingerprint density at radius 2 is 1.70 bits per heavy atom. The van der Waals surface area contributed by atoms with Gasteiger partial charge in [0.25, 0.3) is 5.91 Å². The van der Waals surface area contributed by atoms with Crippen LogP contribution in [0.25, 0.3) is 11.0 Å². The highest BCUT2D eigenvalue weighted by Crippen LogP contribution is 2.33. The summed E-state index contributed by atoms with van der Waals surface area (Å²) in [5.41, 5.74) is 1.02. The molecule has 0 saturated carbocycles. The second-order valence-electron chi connectivity index (χ2n) is 7.24. The third-order valence-electron chi connectivity index (χ3n) is 4.74. The standard InChI is InChI=1S/C24H27NO5/c1-5-28-20-12-11-16(13-21(20)29-6-2)23(15(3)4)25-24(27)22-14-18(26)17-9-7-8-10-19(17)30-22/h7-15,23H,5-6H2,1-4H3,(H,25,27)/t23-/m1/s1. The van der Waals surface area contributed by atoms with E-state index in [2.05, 4.69) is 5.32 Å². The molecule has 0 radical (unpaired) electrons. The second kappa shape index (κ2) is 9.48. The van der Waals surface area contributed by atoms with Crippen molar-refractivity contribution in [2.45, 2.75) is 33.7 Å². The number of para-hydroxylation sites is 1. The Balaban J connectivity index is 1.91. The third kappa shape index (κ3) is 4.64. The molecule has 0 aliphatic rings. The molecule has 0 saturated heterocycles. The van der Waals surface area contributed by atoms with Crippen molar-refractivity contribution in [3.05, 3.63) is 70.1 Å². The SMILES string of the molecule is CCOc1ccc([C@H](NC(=O)c2cc(=O)c3ccccc3o2)C(C)C)cc1OCC. The van der Waals surface area contributed by atoms with Crippen molar-refractivity contribution in [2.24, 2.45) is 5.92 Å². The normalized spacial score (nSPS) is 12.0. The Hall–Kier alpha value is -3.28. The van der Waals surface area contributed by atoms with Gasteiger partial charge in [0, 0.05) is 6.07 Å². The molecule has 1 heterocycles. The molecule has 2 aromatic carbocycles. The first-order valence-corrected chi connectivity index (χ1v) is 10.2. The van der Waals surface area contributed by atoms with Crippen molar-refractivity contribution in [1.82, 2.24) is 5.32 Å². The zero-order valence-corrected chi connectivity index (χ0v) is 17.7. The number of benzene rings is 2. The average Bonchev–Trinajstić information content (AvgIpc) is 2.73. The average molecular weight is 409 g/mol. The Labute approximate surface area is 175 Å². The lowest BCUT2D eigenvalue weighted by atomic mass is 9.95. The summed E-state index contributed by atoms with van der Waals surface area (Å²) < 4.78 is 17.0. The molecule has 0 spiro atoms. The molecular formula is C24H27NO5. The summed E-state index contributed by atoms with van der Waals surface area (Å²) in [6, 6.07) is 13.5. The van der Waals surface area contributed by atoms with Crippen LogP contribution >= 0.6 is 0 Å². The highest BCUT2D eigenvalue weighted by atomic mass is 16.5. The summed E-state index contributed by atoms with van der Waals surface area (Å²) in [7, 11) is 0. The zero-order valence-electron chi connectivity index (χ0n) is 17.7. The predicted molar refractivity (Wildman–Crippen MR) is 116 cm³/mol. The summed E-state index contributed by atoms with van der Waals surface area (Å²) in [5.74, 6) is 0.934. The fraction of sp³-hybridized carbons (Fsp3) is 0.333. The quantitative estimate of drug-likeness (QED) is 0.583. The van der Waals surface area contributed by atoms with E-state index >= 15 is 0 Å². The van der Waals surface area contributed by atoms with Crippen LogP contribution in [0.1, 0.15) is 49.9 Å². The maximum Gasteiger partial charge on any atom is 0.287 e. The van der Waals surface area contributed by atoms with Crippen LogP contribution in [-0.2, 0) is 0 Å². The number of rotatable bonds is 8. The summed E-state index contributed by atoms with van der Waals surface area (Å²) in [4.78, 5) is 25.2. The smallest absolute Gasteiger partial charge is 0.287 e. The van der Waals surface area contributed by atoms with Crippen molar-refractivity contribution in [1.29, 1.82) is 0 Å². The van der Waals surface area contributed by atoms with Crippen LogP contribution < -0.4 is 20.2 Å². The highest BCUT2D eigenvalue weighted by Gasteiger charge is 2.22. The van der Waals surface area contributed by atoms with Crippen LogP contribution in [0, 0.1) is 5.92 Å². The molecule has 3 aromatic rings. The van der Waals surface area contributed by atoms with E-state index in [0.717, 1.165) is 5.56 Å². The van der Waals surface area contributed by atoms with Crippen LogP contribution in [0.4, 0.5) is 0 Å². The number of fused-ring (bicyclic) bond motifs is 1. The largest absolute Gasteiger partial charge is 0.490 e. The molecule has 0 aliphatic carbocycles. The van der Waals surface area contributed by atoms with Gasteiger partial charge in [-0.2, -0.15) is 0 Å². The minimum atomic E-state index is -0.441. The fourth-order valence-corrected chi connectivity index (χ4v) is 3.32. The number of nitrogens with one attached hydrogen (secondary N) is 1. The number of hydrogen-bond acceptors (Lipinski definition) is 5. The lowest BCUT2D eigenvalue weighted by molar-refractivity contribution is 0.0898. The molecular weight excluding hydrogens is 382 g/mol. The molecule has 0 fully saturated rings. The van der Waals surface area contributed by atoms with E-state index in [-0.39, 0.29) is 23.1 Å². The van der Waals surface area contributed by atoms with Crippen LogP contribution in [-0.4, -0.2) is 19.1 Å². The molecule has 1 atom stereocenters. The third-order valence-corrected chi connectivity index (χ3v) is 4.74. The summed E-state index contributed by atoms with van der Waals surface area (Å²) in [5, 5.41) is 3.44. The van der Waals surface area contributed by atoms with Gasteiger partial charge in [0.2, 0.25) is 0 Å². The molecule has 0 unspecified atom stereocenters. The molecule has 158 valence electrons. The molecule has 30 heavy (non-hydrogen) atoms. The molecule has 1 aromatic heterocycles. The summed E-state index contributed by atoms with van der Waals surface area (Å²) >= 11 is 0. The summed E-state index contributed by atoms with van der Waals surface area (Å²) in [6.07, 6.45) is 0. The second-order valence-corrected chi connectivity index (χ2v) is 7.24. The van der Waals surface area contributed by atoms with Gasteiger partial charge in [0.1, 0.15) is 5.58 Å². The molecule has 3 rings (SSSR count). The van der Waals surface area contributed by atoms with Crippen LogP contribution in [0.3, 0.4) is 0 Å². The Bertz CT molecular complexity index is 1090. The van der Waals surface area contributed by atoms with Crippen molar-refractivity contribution in [3.63, 3.8) is 0 Å². The van der Waals surface area contributed by atoms with Crippen molar-refractivity contribution < 1.29 is 18.7 Å². The molecule has 1 N–H and O–H groups in total. The Morgan fingerprint density at radius 1 is 1.00 bits per heavy atom. The van der Waals surface area contributed by atoms with Crippen LogP contribution in [0.2, 0.25) is 0 Å². The van der Waals surface area contributed by atoms with E-state index < -0.39 is 5.91 Å². The van der Waals surface area contributed by atoms with Gasteiger partial charge in [-0.05, 0) is 49.6 Å². The Morgan fingerprint density at radius 3 is 2.40 bits per heavy atom. The number of ether oxygens (including phenoxy) is 2. The molecule has 6 heteroatoms. The van der Waals surface area contributed by atoms with E-state index in [1.165, 1.54) is 6.07 Å². The molecule has 1 amide bonds. The topological polar surface area (TPSA) is 77.8 Å². The molecule has 0 bridgehead atoms. The molecule has 6 nitrogen and oxygen atoms in total. The van der Waals surface area contributed by atoms with E-state index in [0.29, 0.717) is 35.7 Å². The van der Waals surface area contributed by atoms with Gasteiger partial charge >= 0.3 is 0 Å². The van der Waals surface area contributed by atoms with E-state index in [1.807, 2.05) is 45.9 Å². The highest BCUT2D eigenvalue weighted by molar-refractivity contribution is 5.93.